The summed E-state index contributed by atoms with van der Waals surface area (Å²) in [5.41, 5.74) is 6.02. The Hall–Kier alpha value is -2.62. The zero-order valence-electron chi connectivity index (χ0n) is 13.0. The molecule has 0 fully saturated rings. The number of carbonyl (C=O) groups excluding carboxylic acids is 1. The van der Waals surface area contributed by atoms with Crippen LogP contribution in [0.15, 0.2) is 36.4 Å². The van der Waals surface area contributed by atoms with Crippen LogP contribution in [0.3, 0.4) is 0 Å². The number of benzene rings is 2. The SMILES string of the molecule is Cc1nc2ccc(CC(=O)Nc3cccc(C)c3C)cc2[nH]1. The second-order valence-corrected chi connectivity index (χ2v) is 5.65. The molecule has 2 aromatic carbocycles. The summed E-state index contributed by atoms with van der Waals surface area (Å²) in [4.78, 5) is 19.8. The van der Waals surface area contributed by atoms with Crippen molar-refractivity contribution < 1.29 is 4.79 Å². The number of aromatic nitrogens is 2. The minimum atomic E-state index is -0.00992. The second-order valence-electron chi connectivity index (χ2n) is 5.65. The van der Waals surface area contributed by atoms with E-state index in [2.05, 4.69) is 15.3 Å². The topological polar surface area (TPSA) is 57.8 Å². The molecule has 4 heteroatoms. The van der Waals surface area contributed by atoms with Crippen molar-refractivity contribution in [3.05, 3.63) is 58.9 Å². The van der Waals surface area contributed by atoms with Gasteiger partial charge in [0.05, 0.1) is 17.5 Å². The van der Waals surface area contributed by atoms with Crippen molar-refractivity contribution in [3.8, 4) is 0 Å². The van der Waals surface area contributed by atoms with Gasteiger partial charge in [0.1, 0.15) is 5.82 Å². The van der Waals surface area contributed by atoms with Gasteiger partial charge in [-0.2, -0.15) is 0 Å². The zero-order valence-corrected chi connectivity index (χ0v) is 13.0. The van der Waals surface area contributed by atoms with Gasteiger partial charge in [-0.05, 0) is 55.7 Å². The average Bonchev–Trinajstić information content (AvgIpc) is 2.83. The predicted molar refractivity (Wildman–Crippen MR) is 89.1 cm³/mol. The van der Waals surface area contributed by atoms with Gasteiger partial charge in [-0.1, -0.05) is 18.2 Å². The quantitative estimate of drug-likeness (QED) is 0.774. The number of nitrogens with zero attached hydrogens (tertiary/aromatic N) is 1. The fourth-order valence-corrected chi connectivity index (χ4v) is 2.56. The van der Waals surface area contributed by atoms with E-state index < -0.39 is 0 Å². The number of anilines is 1. The number of imidazole rings is 1. The Morgan fingerprint density at radius 2 is 2.00 bits per heavy atom. The summed E-state index contributed by atoms with van der Waals surface area (Å²) in [6.45, 7) is 5.98. The first-order valence-corrected chi connectivity index (χ1v) is 7.34. The molecule has 112 valence electrons. The molecule has 3 aromatic rings. The monoisotopic (exact) mass is 293 g/mol. The van der Waals surface area contributed by atoms with E-state index in [9.17, 15) is 4.79 Å². The van der Waals surface area contributed by atoms with Gasteiger partial charge in [0.25, 0.3) is 0 Å². The second kappa shape index (κ2) is 5.64. The number of hydrogen-bond donors (Lipinski definition) is 2. The van der Waals surface area contributed by atoms with Crippen molar-refractivity contribution in [3.63, 3.8) is 0 Å². The fraction of sp³-hybridized carbons (Fsp3) is 0.222. The molecule has 2 N–H and O–H groups in total. The van der Waals surface area contributed by atoms with Gasteiger partial charge < -0.3 is 10.3 Å². The maximum atomic E-state index is 12.2. The molecule has 0 spiro atoms. The lowest BCUT2D eigenvalue weighted by Crippen LogP contribution is -2.15. The Bertz CT molecular complexity index is 849. The van der Waals surface area contributed by atoms with Crippen LogP contribution >= 0.6 is 0 Å². The first-order valence-electron chi connectivity index (χ1n) is 7.34. The van der Waals surface area contributed by atoms with E-state index in [1.807, 2.05) is 57.2 Å². The number of rotatable bonds is 3. The molecule has 0 aliphatic heterocycles. The lowest BCUT2D eigenvalue weighted by Gasteiger charge is -2.10. The Morgan fingerprint density at radius 3 is 2.82 bits per heavy atom. The van der Waals surface area contributed by atoms with Gasteiger partial charge in [-0.3, -0.25) is 4.79 Å². The highest BCUT2D eigenvalue weighted by Gasteiger charge is 2.08. The Morgan fingerprint density at radius 1 is 1.18 bits per heavy atom. The third-order valence-electron chi connectivity index (χ3n) is 3.91. The van der Waals surface area contributed by atoms with Crippen molar-refractivity contribution in [1.82, 2.24) is 9.97 Å². The molecule has 0 unspecified atom stereocenters. The Balaban J connectivity index is 1.76. The maximum absolute atomic E-state index is 12.2. The van der Waals surface area contributed by atoms with Crippen LogP contribution in [0, 0.1) is 20.8 Å². The van der Waals surface area contributed by atoms with Crippen molar-refractivity contribution >= 4 is 22.6 Å². The lowest BCUT2D eigenvalue weighted by atomic mass is 10.1. The molecule has 0 saturated carbocycles. The smallest absolute Gasteiger partial charge is 0.228 e. The number of fused-ring (bicyclic) bond motifs is 1. The van der Waals surface area contributed by atoms with E-state index in [-0.39, 0.29) is 5.91 Å². The van der Waals surface area contributed by atoms with Crippen molar-refractivity contribution in [1.29, 1.82) is 0 Å². The fourth-order valence-electron chi connectivity index (χ4n) is 2.56. The highest BCUT2D eigenvalue weighted by atomic mass is 16.1. The van der Waals surface area contributed by atoms with Gasteiger partial charge in [0, 0.05) is 5.69 Å². The third kappa shape index (κ3) is 2.86. The van der Waals surface area contributed by atoms with Crippen LogP contribution < -0.4 is 5.32 Å². The first kappa shape index (κ1) is 14.3. The standard InChI is InChI=1S/C18H19N3O/c1-11-5-4-6-15(12(11)2)21-18(22)10-14-7-8-16-17(9-14)20-13(3)19-16/h4-9H,10H2,1-3H3,(H,19,20)(H,21,22). The summed E-state index contributed by atoms with van der Waals surface area (Å²) in [5.74, 6) is 0.872. The van der Waals surface area contributed by atoms with E-state index in [0.717, 1.165) is 33.7 Å². The van der Waals surface area contributed by atoms with Gasteiger partial charge in [0.2, 0.25) is 5.91 Å². The molecular formula is C18H19N3O. The van der Waals surface area contributed by atoms with Crippen LogP contribution in [0.1, 0.15) is 22.5 Å². The highest BCUT2D eigenvalue weighted by Crippen LogP contribution is 2.19. The largest absolute Gasteiger partial charge is 0.342 e. The number of H-pyrrole nitrogens is 1. The Kier molecular flexibility index (Phi) is 3.67. The zero-order chi connectivity index (χ0) is 15.7. The molecule has 1 aromatic heterocycles. The van der Waals surface area contributed by atoms with E-state index in [1.54, 1.807) is 0 Å². The minimum absolute atomic E-state index is 0.00992. The molecule has 0 aliphatic carbocycles. The molecule has 1 amide bonds. The van der Waals surface area contributed by atoms with Gasteiger partial charge >= 0.3 is 0 Å². The summed E-state index contributed by atoms with van der Waals surface area (Å²) >= 11 is 0. The molecule has 3 rings (SSSR count). The number of amides is 1. The molecule has 0 bridgehead atoms. The van der Waals surface area contributed by atoms with Crippen LogP contribution in [-0.4, -0.2) is 15.9 Å². The van der Waals surface area contributed by atoms with E-state index >= 15 is 0 Å². The maximum Gasteiger partial charge on any atom is 0.228 e. The van der Waals surface area contributed by atoms with Crippen molar-refractivity contribution in [2.45, 2.75) is 27.2 Å². The molecular weight excluding hydrogens is 274 g/mol. The number of aromatic amines is 1. The van der Waals surface area contributed by atoms with E-state index in [4.69, 9.17) is 0 Å². The highest BCUT2D eigenvalue weighted by molar-refractivity contribution is 5.93. The number of carbonyl (C=O) groups is 1. The van der Waals surface area contributed by atoms with Crippen molar-refractivity contribution in [2.24, 2.45) is 0 Å². The number of aryl methyl sites for hydroxylation is 2. The Labute approximate surface area is 129 Å². The van der Waals surface area contributed by atoms with Crippen LogP contribution in [0.25, 0.3) is 11.0 Å². The summed E-state index contributed by atoms with van der Waals surface area (Å²) in [5, 5.41) is 2.99. The minimum Gasteiger partial charge on any atom is -0.342 e. The van der Waals surface area contributed by atoms with Crippen LogP contribution in [-0.2, 0) is 11.2 Å². The normalized spacial score (nSPS) is 10.9. The molecule has 0 radical (unpaired) electrons. The summed E-state index contributed by atoms with van der Waals surface area (Å²) in [6.07, 6.45) is 0.349. The first-order chi connectivity index (χ1) is 10.5. The van der Waals surface area contributed by atoms with Crippen molar-refractivity contribution in [2.75, 3.05) is 5.32 Å². The summed E-state index contributed by atoms with van der Waals surface area (Å²) in [7, 11) is 0. The molecule has 22 heavy (non-hydrogen) atoms. The van der Waals surface area contributed by atoms with E-state index in [1.165, 1.54) is 5.56 Å². The van der Waals surface area contributed by atoms with Crippen LogP contribution in [0.5, 0.6) is 0 Å². The third-order valence-corrected chi connectivity index (χ3v) is 3.91. The molecule has 1 heterocycles. The van der Waals surface area contributed by atoms with Gasteiger partial charge in [-0.25, -0.2) is 4.98 Å². The predicted octanol–water partition coefficient (Wildman–Crippen LogP) is 3.67. The summed E-state index contributed by atoms with van der Waals surface area (Å²) < 4.78 is 0. The molecule has 0 atom stereocenters. The van der Waals surface area contributed by atoms with Gasteiger partial charge in [-0.15, -0.1) is 0 Å². The lowest BCUT2D eigenvalue weighted by molar-refractivity contribution is -0.115. The average molecular weight is 293 g/mol. The van der Waals surface area contributed by atoms with Gasteiger partial charge in [0.15, 0.2) is 0 Å². The summed E-state index contributed by atoms with van der Waals surface area (Å²) in [6, 6.07) is 11.8. The number of hydrogen-bond acceptors (Lipinski definition) is 2. The molecule has 0 saturated heterocycles. The van der Waals surface area contributed by atoms with Crippen LogP contribution in [0.2, 0.25) is 0 Å². The number of nitrogens with one attached hydrogen (secondary N) is 2. The molecule has 4 nitrogen and oxygen atoms in total. The van der Waals surface area contributed by atoms with E-state index in [0.29, 0.717) is 6.42 Å². The van der Waals surface area contributed by atoms with Crippen LogP contribution in [0.4, 0.5) is 5.69 Å². The molecule has 0 aliphatic rings.